The van der Waals surface area contributed by atoms with Gasteiger partial charge in [0.1, 0.15) is 5.15 Å². The zero-order valence-electron chi connectivity index (χ0n) is 10.5. The highest BCUT2D eigenvalue weighted by Crippen LogP contribution is 2.23. The first kappa shape index (κ1) is 15.4. The van der Waals surface area contributed by atoms with Crippen LogP contribution < -0.4 is 5.32 Å². The second kappa shape index (κ2) is 6.64. The number of carbonyl (C=O) groups excluding carboxylic acids is 1. The second-order valence-electron chi connectivity index (χ2n) is 4.15. The minimum absolute atomic E-state index is 0.0297. The van der Waals surface area contributed by atoms with Crippen LogP contribution in [0, 0.1) is 10.1 Å². The second-order valence-corrected chi connectivity index (χ2v) is 5.36. The maximum absolute atomic E-state index is 11.9. The van der Waals surface area contributed by atoms with E-state index in [-0.39, 0.29) is 18.0 Å². The van der Waals surface area contributed by atoms with Crippen LogP contribution in [0.15, 0.2) is 41.0 Å². The summed E-state index contributed by atoms with van der Waals surface area (Å²) in [4.78, 5) is 26.0. The van der Waals surface area contributed by atoms with Crippen LogP contribution >= 0.6 is 27.5 Å². The quantitative estimate of drug-likeness (QED) is 0.506. The molecule has 1 amide bonds. The number of non-ortho nitro benzene ring substituents is 1. The normalized spacial score (nSPS) is 10.2. The first-order valence-electron chi connectivity index (χ1n) is 5.80. The number of aromatic nitrogens is 1. The number of hydrogen-bond donors (Lipinski definition) is 1. The number of pyridine rings is 1. The third kappa shape index (κ3) is 4.24. The van der Waals surface area contributed by atoms with Gasteiger partial charge in [-0.15, -0.1) is 0 Å². The summed E-state index contributed by atoms with van der Waals surface area (Å²) in [7, 11) is 0. The summed E-state index contributed by atoms with van der Waals surface area (Å²) < 4.78 is 0.567. The molecule has 0 aliphatic rings. The van der Waals surface area contributed by atoms with Crippen LogP contribution in [-0.2, 0) is 11.2 Å². The largest absolute Gasteiger partial charge is 0.324 e. The van der Waals surface area contributed by atoms with Gasteiger partial charge in [0.25, 0.3) is 5.69 Å². The fourth-order valence-electron chi connectivity index (χ4n) is 1.66. The molecule has 0 fully saturated rings. The van der Waals surface area contributed by atoms with Crippen molar-refractivity contribution in [3.05, 3.63) is 61.8 Å². The van der Waals surface area contributed by atoms with Crippen molar-refractivity contribution in [2.75, 3.05) is 5.32 Å². The van der Waals surface area contributed by atoms with Gasteiger partial charge in [-0.05, 0) is 27.6 Å². The van der Waals surface area contributed by atoms with Crippen LogP contribution in [0.1, 0.15) is 5.56 Å². The van der Waals surface area contributed by atoms with Gasteiger partial charge in [-0.3, -0.25) is 14.9 Å². The lowest BCUT2D eigenvalue weighted by Gasteiger charge is -2.06. The van der Waals surface area contributed by atoms with E-state index in [1.54, 1.807) is 18.2 Å². The number of nitrogens with one attached hydrogen (secondary N) is 1. The molecule has 2 aromatic rings. The molecule has 6 nitrogen and oxygen atoms in total. The average Bonchev–Trinajstić information content (AvgIpc) is 2.43. The molecule has 1 heterocycles. The van der Waals surface area contributed by atoms with Gasteiger partial charge < -0.3 is 5.32 Å². The van der Waals surface area contributed by atoms with Crippen LogP contribution in [-0.4, -0.2) is 15.8 Å². The molecule has 0 atom stereocenters. The molecule has 0 radical (unpaired) electrons. The molecule has 8 heteroatoms. The zero-order valence-corrected chi connectivity index (χ0v) is 12.9. The van der Waals surface area contributed by atoms with Gasteiger partial charge in [0.05, 0.1) is 27.7 Å². The van der Waals surface area contributed by atoms with Crippen molar-refractivity contribution in [2.24, 2.45) is 0 Å². The smallest absolute Gasteiger partial charge is 0.269 e. The van der Waals surface area contributed by atoms with Crippen molar-refractivity contribution in [2.45, 2.75) is 6.42 Å². The highest BCUT2D eigenvalue weighted by atomic mass is 79.9. The molecule has 0 bridgehead atoms. The van der Waals surface area contributed by atoms with Crippen molar-refractivity contribution in [1.29, 1.82) is 0 Å². The molecule has 2 rings (SSSR count). The number of halogens is 2. The topological polar surface area (TPSA) is 85.1 Å². The number of hydrogen-bond acceptors (Lipinski definition) is 4. The van der Waals surface area contributed by atoms with Crippen molar-refractivity contribution in [1.82, 2.24) is 4.98 Å². The summed E-state index contributed by atoms with van der Waals surface area (Å²) >= 11 is 8.97. The van der Waals surface area contributed by atoms with Crippen molar-refractivity contribution >= 4 is 44.8 Å². The number of rotatable bonds is 4. The Morgan fingerprint density at radius 2 is 2.19 bits per heavy atom. The molecular formula is C13H9BrClN3O3. The van der Waals surface area contributed by atoms with Gasteiger partial charge in [-0.2, -0.15) is 0 Å². The van der Waals surface area contributed by atoms with E-state index in [0.717, 1.165) is 0 Å². The fourth-order valence-corrected chi connectivity index (χ4v) is 2.11. The average molecular weight is 371 g/mol. The fraction of sp³-hybridized carbons (Fsp3) is 0.0769. The van der Waals surface area contributed by atoms with Crippen molar-refractivity contribution in [3.8, 4) is 0 Å². The molecular weight excluding hydrogens is 362 g/mol. The third-order valence-corrected chi connectivity index (χ3v) is 3.70. The number of nitro groups is 1. The van der Waals surface area contributed by atoms with Crippen molar-refractivity contribution < 1.29 is 9.72 Å². The minimum atomic E-state index is -0.498. The standard InChI is InChI=1S/C13H9BrClN3O3/c14-11-6-9(7-16-13(11)15)17-12(19)5-8-2-1-3-10(4-8)18(20)21/h1-4,6-7H,5H2,(H,17,19). The van der Waals surface area contributed by atoms with Crippen LogP contribution in [0.25, 0.3) is 0 Å². The first-order chi connectivity index (χ1) is 9.95. The maximum atomic E-state index is 11.9. The van der Waals surface area contributed by atoms with Gasteiger partial charge in [-0.1, -0.05) is 23.7 Å². The van der Waals surface area contributed by atoms with Crippen LogP contribution in [0.3, 0.4) is 0 Å². The van der Waals surface area contributed by atoms with Gasteiger partial charge in [-0.25, -0.2) is 4.98 Å². The van der Waals surface area contributed by atoms with Gasteiger partial charge in [0, 0.05) is 12.1 Å². The molecule has 21 heavy (non-hydrogen) atoms. The maximum Gasteiger partial charge on any atom is 0.269 e. The van der Waals surface area contributed by atoms with Gasteiger partial charge >= 0.3 is 0 Å². The summed E-state index contributed by atoms with van der Waals surface area (Å²) in [6.45, 7) is 0. The lowest BCUT2D eigenvalue weighted by molar-refractivity contribution is -0.384. The van der Waals surface area contributed by atoms with Crippen LogP contribution in [0.2, 0.25) is 5.15 Å². The number of nitrogens with zero attached hydrogens (tertiary/aromatic N) is 2. The Kier molecular flexibility index (Phi) is 4.87. The Balaban J connectivity index is 2.06. The van der Waals surface area contributed by atoms with E-state index in [9.17, 15) is 14.9 Å². The molecule has 1 N–H and O–H groups in total. The Morgan fingerprint density at radius 3 is 2.86 bits per heavy atom. The SMILES string of the molecule is O=C(Cc1cccc([N+](=O)[O-])c1)Nc1cnc(Cl)c(Br)c1. The van der Waals surface area contributed by atoms with Gasteiger partial charge in [0.2, 0.25) is 5.91 Å². The number of benzene rings is 1. The summed E-state index contributed by atoms with van der Waals surface area (Å²) in [6.07, 6.45) is 1.46. The van der Waals surface area contributed by atoms with E-state index in [1.807, 2.05) is 0 Å². The number of anilines is 1. The van der Waals surface area contributed by atoms with Crippen molar-refractivity contribution in [3.63, 3.8) is 0 Å². The molecule has 0 unspecified atom stereocenters. The van der Waals surface area contributed by atoms with Crippen LogP contribution in [0.4, 0.5) is 11.4 Å². The molecule has 0 saturated heterocycles. The number of nitro benzene ring substituents is 1. The highest BCUT2D eigenvalue weighted by Gasteiger charge is 2.10. The lowest BCUT2D eigenvalue weighted by atomic mass is 10.1. The minimum Gasteiger partial charge on any atom is -0.324 e. The number of carbonyl (C=O) groups is 1. The van der Waals surface area contributed by atoms with Gasteiger partial charge in [0.15, 0.2) is 0 Å². The van der Waals surface area contributed by atoms with E-state index in [1.165, 1.54) is 18.3 Å². The van der Waals surface area contributed by atoms with E-state index in [4.69, 9.17) is 11.6 Å². The molecule has 1 aromatic heterocycles. The summed E-state index contributed by atoms with van der Waals surface area (Å²) in [6, 6.07) is 7.57. The third-order valence-electron chi connectivity index (χ3n) is 2.57. The van der Waals surface area contributed by atoms with E-state index >= 15 is 0 Å². The molecule has 1 aromatic carbocycles. The molecule has 108 valence electrons. The number of amides is 1. The van der Waals surface area contributed by atoms with E-state index in [0.29, 0.717) is 20.9 Å². The highest BCUT2D eigenvalue weighted by molar-refractivity contribution is 9.10. The molecule has 0 spiro atoms. The summed E-state index contributed by atoms with van der Waals surface area (Å²) in [5.41, 5.74) is 1.00. The predicted molar refractivity (Wildman–Crippen MR) is 82.4 cm³/mol. The molecule has 0 aliphatic carbocycles. The summed E-state index contributed by atoms with van der Waals surface area (Å²) in [5.74, 6) is -0.300. The van der Waals surface area contributed by atoms with E-state index < -0.39 is 4.92 Å². The first-order valence-corrected chi connectivity index (χ1v) is 6.97. The zero-order chi connectivity index (χ0) is 15.4. The lowest BCUT2D eigenvalue weighted by Crippen LogP contribution is -2.14. The predicted octanol–water partition coefficient (Wildman–Crippen LogP) is 3.59. The molecule has 0 aliphatic heterocycles. The van der Waals surface area contributed by atoms with Crippen LogP contribution in [0.5, 0.6) is 0 Å². The molecule has 0 saturated carbocycles. The Labute approximate surface area is 133 Å². The summed E-state index contributed by atoms with van der Waals surface area (Å²) in [5, 5.41) is 13.6. The monoisotopic (exact) mass is 369 g/mol. The Bertz CT molecular complexity index is 709. The van der Waals surface area contributed by atoms with E-state index in [2.05, 4.69) is 26.2 Å². The Morgan fingerprint density at radius 1 is 1.43 bits per heavy atom. The Hall–Kier alpha value is -1.99.